The van der Waals surface area contributed by atoms with Crippen molar-refractivity contribution in [2.24, 2.45) is 28.6 Å². The summed E-state index contributed by atoms with van der Waals surface area (Å²) in [6.45, 7) is 8.87. The third-order valence-corrected chi connectivity index (χ3v) is 5.25. The van der Waals surface area contributed by atoms with Crippen LogP contribution in [-0.4, -0.2) is 11.1 Å². The van der Waals surface area contributed by atoms with Crippen LogP contribution in [0, 0.1) is 28.6 Å². The summed E-state index contributed by atoms with van der Waals surface area (Å²) in [4.78, 5) is 11.2. The van der Waals surface area contributed by atoms with Gasteiger partial charge in [-0.15, -0.1) is 0 Å². The molecular weight excluding hydrogens is 212 g/mol. The summed E-state index contributed by atoms with van der Waals surface area (Å²) in [5, 5.41) is 9.20. The lowest BCUT2D eigenvalue weighted by Crippen LogP contribution is -2.19. The van der Waals surface area contributed by atoms with E-state index in [1.807, 2.05) is 6.92 Å². The lowest BCUT2D eigenvalue weighted by Gasteiger charge is -2.26. The number of carboxylic acid groups (broad SMARTS) is 1. The van der Waals surface area contributed by atoms with Crippen molar-refractivity contribution < 1.29 is 9.90 Å². The van der Waals surface area contributed by atoms with Gasteiger partial charge in [0.15, 0.2) is 0 Å². The molecule has 0 radical (unpaired) electrons. The van der Waals surface area contributed by atoms with Gasteiger partial charge in [-0.25, -0.2) is 0 Å². The Balaban J connectivity index is 1.94. The summed E-state index contributed by atoms with van der Waals surface area (Å²) >= 11 is 0. The van der Waals surface area contributed by atoms with Crippen LogP contribution in [0.25, 0.3) is 0 Å². The zero-order chi connectivity index (χ0) is 12.8. The van der Waals surface area contributed by atoms with Gasteiger partial charge in [0.05, 0.1) is 5.41 Å². The Labute approximate surface area is 105 Å². The highest BCUT2D eigenvalue weighted by atomic mass is 16.4. The number of carboxylic acids is 1. The van der Waals surface area contributed by atoms with Gasteiger partial charge in [0.1, 0.15) is 0 Å². The summed E-state index contributed by atoms with van der Waals surface area (Å²) in [6, 6.07) is 0. The zero-order valence-corrected chi connectivity index (χ0v) is 11.6. The molecule has 2 heteroatoms. The molecule has 0 amide bonds. The van der Waals surface area contributed by atoms with Crippen LogP contribution in [0.2, 0.25) is 0 Å². The molecule has 0 aromatic heterocycles. The topological polar surface area (TPSA) is 37.3 Å². The van der Waals surface area contributed by atoms with E-state index >= 15 is 0 Å². The predicted octanol–water partition coefficient (Wildman–Crippen LogP) is 3.95. The molecular formula is C15H26O2. The number of rotatable bonds is 6. The Kier molecular flexibility index (Phi) is 3.04. The summed E-state index contributed by atoms with van der Waals surface area (Å²) in [7, 11) is 0. The van der Waals surface area contributed by atoms with Gasteiger partial charge in [-0.05, 0) is 62.2 Å². The third-order valence-electron chi connectivity index (χ3n) is 5.25. The van der Waals surface area contributed by atoms with Gasteiger partial charge in [0, 0.05) is 0 Å². The van der Waals surface area contributed by atoms with Crippen molar-refractivity contribution in [2.75, 3.05) is 0 Å². The number of carbonyl (C=O) groups is 1. The average Bonchev–Trinajstić information content (AvgIpc) is 3.06. The zero-order valence-electron chi connectivity index (χ0n) is 11.6. The fourth-order valence-electron chi connectivity index (χ4n) is 3.24. The van der Waals surface area contributed by atoms with Crippen molar-refractivity contribution in [3.8, 4) is 0 Å². The molecule has 0 spiro atoms. The monoisotopic (exact) mass is 238 g/mol. The molecule has 0 bridgehead atoms. The quantitative estimate of drug-likeness (QED) is 0.760. The highest BCUT2D eigenvalue weighted by molar-refractivity contribution is 5.78. The molecule has 2 saturated carbocycles. The van der Waals surface area contributed by atoms with Crippen LogP contribution in [0.3, 0.4) is 0 Å². The van der Waals surface area contributed by atoms with Crippen LogP contribution in [0.5, 0.6) is 0 Å². The van der Waals surface area contributed by atoms with Crippen molar-refractivity contribution in [1.29, 1.82) is 0 Å². The van der Waals surface area contributed by atoms with Crippen LogP contribution in [0.15, 0.2) is 0 Å². The highest BCUT2D eigenvalue weighted by Gasteiger charge is 2.58. The molecule has 0 saturated heterocycles. The lowest BCUT2D eigenvalue weighted by molar-refractivity contribution is -0.143. The maximum Gasteiger partial charge on any atom is 0.309 e. The Morgan fingerprint density at radius 3 is 2.29 bits per heavy atom. The predicted molar refractivity (Wildman–Crippen MR) is 68.8 cm³/mol. The molecule has 0 aromatic rings. The fraction of sp³-hybridized carbons (Fsp3) is 0.933. The maximum atomic E-state index is 11.2. The first kappa shape index (κ1) is 12.9. The first-order chi connectivity index (χ1) is 7.78. The minimum absolute atomic E-state index is 0.402. The van der Waals surface area contributed by atoms with E-state index in [4.69, 9.17) is 0 Å². The van der Waals surface area contributed by atoms with Gasteiger partial charge in [-0.1, -0.05) is 20.8 Å². The molecule has 2 fully saturated rings. The molecule has 2 nitrogen and oxygen atoms in total. The summed E-state index contributed by atoms with van der Waals surface area (Å²) in [5.74, 6) is 1.31. The van der Waals surface area contributed by atoms with Crippen molar-refractivity contribution in [3.05, 3.63) is 0 Å². The van der Waals surface area contributed by atoms with Gasteiger partial charge in [-0.3, -0.25) is 4.79 Å². The van der Waals surface area contributed by atoms with E-state index in [1.54, 1.807) is 0 Å². The molecule has 2 rings (SSSR count). The van der Waals surface area contributed by atoms with E-state index in [0.717, 1.165) is 24.7 Å². The minimum atomic E-state index is -0.591. The molecule has 0 aromatic carbocycles. The maximum absolute atomic E-state index is 11.2. The summed E-state index contributed by atoms with van der Waals surface area (Å²) < 4.78 is 0. The smallest absolute Gasteiger partial charge is 0.309 e. The van der Waals surface area contributed by atoms with Gasteiger partial charge in [-0.2, -0.15) is 0 Å². The molecule has 3 atom stereocenters. The molecule has 1 N–H and O–H groups in total. The van der Waals surface area contributed by atoms with Gasteiger partial charge >= 0.3 is 5.97 Å². The van der Waals surface area contributed by atoms with E-state index in [-0.39, 0.29) is 0 Å². The Hall–Kier alpha value is -0.530. The SMILES string of the molecule is CC(C)CC(CC1CC1(C)C(=O)O)C1(C)CC1. The first-order valence-corrected chi connectivity index (χ1v) is 7.01. The lowest BCUT2D eigenvalue weighted by atomic mass is 9.79. The second kappa shape index (κ2) is 4.00. The Morgan fingerprint density at radius 1 is 1.35 bits per heavy atom. The summed E-state index contributed by atoms with van der Waals surface area (Å²) in [6.07, 6.45) is 6.00. The number of hydrogen-bond donors (Lipinski definition) is 1. The number of aliphatic carboxylic acids is 1. The van der Waals surface area contributed by atoms with Crippen LogP contribution >= 0.6 is 0 Å². The fourth-order valence-corrected chi connectivity index (χ4v) is 3.24. The van der Waals surface area contributed by atoms with Gasteiger partial charge < -0.3 is 5.11 Å². The molecule has 0 heterocycles. The van der Waals surface area contributed by atoms with Crippen LogP contribution in [0.4, 0.5) is 0 Å². The molecule has 98 valence electrons. The molecule has 17 heavy (non-hydrogen) atoms. The minimum Gasteiger partial charge on any atom is -0.481 e. The van der Waals surface area contributed by atoms with Crippen LogP contribution in [0.1, 0.15) is 59.8 Å². The largest absolute Gasteiger partial charge is 0.481 e. The average molecular weight is 238 g/mol. The summed E-state index contributed by atoms with van der Waals surface area (Å²) in [5.41, 5.74) is 0.132. The first-order valence-electron chi connectivity index (χ1n) is 7.01. The highest BCUT2D eigenvalue weighted by Crippen LogP contribution is 2.61. The molecule has 2 aliphatic rings. The van der Waals surface area contributed by atoms with Crippen molar-refractivity contribution in [2.45, 2.75) is 59.8 Å². The van der Waals surface area contributed by atoms with E-state index < -0.39 is 11.4 Å². The van der Waals surface area contributed by atoms with E-state index in [2.05, 4.69) is 20.8 Å². The van der Waals surface area contributed by atoms with Crippen LogP contribution in [-0.2, 0) is 4.79 Å². The standard InChI is InChI=1S/C15H26O2/c1-10(2)7-11(14(3)5-6-14)8-12-9-15(12,4)13(16)17/h10-12H,5-9H2,1-4H3,(H,16,17). The Morgan fingerprint density at radius 2 is 1.94 bits per heavy atom. The van der Waals surface area contributed by atoms with Crippen molar-refractivity contribution in [1.82, 2.24) is 0 Å². The van der Waals surface area contributed by atoms with E-state index in [9.17, 15) is 9.90 Å². The van der Waals surface area contributed by atoms with Crippen molar-refractivity contribution in [3.63, 3.8) is 0 Å². The normalized spacial score (nSPS) is 35.7. The molecule has 0 aliphatic heterocycles. The molecule has 3 unspecified atom stereocenters. The number of hydrogen-bond acceptors (Lipinski definition) is 1. The van der Waals surface area contributed by atoms with E-state index in [0.29, 0.717) is 11.3 Å². The Bertz CT molecular complexity index is 317. The van der Waals surface area contributed by atoms with E-state index in [1.165, 1.54) is 19.3 Å². The van der Waals surface area contributed by atoms with Crippen molar-refractivity contribution >= 4 is 5.97 Å². The second-order valence-corrected chi connectivity index (χ2v) is 7.34. The van der Waals surface area contributed by atoms with Gasteiger partial charge in [0.25, 0.3) is 0 Å². The third kappa shape index (κ3) is 2.51. The van der Waals surface area contributed by atoms with Gasteiger partial charge in [0.2, 0.25) is 0 Å². The van der Waals surface area contributed by atoms with Crippen LogP contribution < -0.4 is 0 Å². The molecule has 2 aliphatic carbocycles. The second-order valence-electron chi connectivity index (χ2n) is 7.34.